The Bertz CT molecular complexity index is 2330. The summed E-state index contributed by atoms with van der Waals surface area (Å²) in [5.74, 6) is 2.46. The quantitative estimate of drug-likeness (QED) is 0.181. The van der Waals surface area contributed by atoms with Crippen LogP contribution in [0.1, 0.15) is 76.5 Å². The molecule has 3 heterocycles. The van der Waals surface area contributed by atoms with E-state index in [2.05, 4.69) is 163 Å². The summed E-state index contributed by atoms with van der Waals surface area (Å²) in [7, 11) is 0. The third-order valence-electron chi connectivity index (χ3n) is 9.64. The molecule has 3 aromatic heterocycles. The van der Waals surface area contributed by atoms with Gasteiger partial charge in [-0.15, -0.1) is 0 Å². The maximum absolute atomic E-state index is 6.78. The van der Waals surface area contributed by atoms with E-state index in [1.54, 1.807) is 0 Å². The van der Waals surface area contributed by atoms with Crippen molar-refractivity contribution in [3.05, 3.63) is 131 Å². The highest BCUT2D eigenvalue weighted by Crippen LogP contribution is 2.38. The zero-order valence-corrected chi connectivity index (χ0v) is 30.2. The Hall–Kier alpha value is -5.16. The molecule has 0 aliphatic rings. The molecule has 5 nitrogen and oxygen atoms in total. The number of hydrogen-bond donors (Lipinski definition) is 0. The topological polar surface area (TPSA) is 44.9 Å². The Morgan fingerprint density at radius 2 is 1.43 bits per heavy atom. The van der Waals surface area contributed by atoms with Gasteiger partial charge in [0.05, 0.1) is 22.4 Å². The fourth-order valence-corrected chi connectivity index (χ4v) is 6.84. The van der Waals surface area contributed by atoms with Crippen LogP contribution in [0.3, 0.4) is 0 Å². The summed E-state index contributed by atoms with van der Waals surface area (Å²) >= 11 is 0. The molecule has 0 bridgehead atoms. The molecule has 7 aromatic rings. The van der Waals surface area contributed by atoms with Crippen molar-refractivity contribution in [3.8, 4) is 34.1 Å². The van der Waals surface area contributed by atoms with Crippen LogP contribution in [-0.4, -0.2) is 19.3 Å². The minimum Gasteiger partial charge on any atom is -0.457 e. The molecule has 0 atom stereocenters. The van der Waals surface area contributed by atoms with Gasteiger partial charge in [-0.25, -0.2) is 9.67 Å². The van der Waals surface area contributed by atoms with E-state index in [0.717, 1.165) is 57.4 Å². The number of benzene rings is 4. The number of hydrogen-bond acceptors (Lipinski definition) is 3. The second-order valence-corrected chi connectivity index (χ2v) is 15.3. The molecule has 7 rings (SSSR count). The molecule has 0 amide bonds. The minimum absolute atomic E-state index is 0.00318. The van der Waals surface area contributed by atoms with E-state index in [0.29, 0.717) is 0 Å². The maximum Gasteiger partial charge on any atom is 0.137 e. The molecular formula is C44H46N4O. The highest BCUT2D eigenvalue weighted by atomic mass is 16.5. The van der Waals surface area contributed by atoms with E-state index in [4.69, 9.17) is 14.8 Å². The van der Waals surface area contributed by atoms with Gasteiger partial charge in [-0.05, 0) is 102 Å². The number of aryl methyl sites for hydroxylation is 2. The zero-order valence-electron chi connectivity index (χ0n) is 30.2. The number of nitrogens with zero attached hydrogens (tertiary/aromatic N) is 4. The molecule has 248 valence electrons. The second-order valence-electron chi connectivity index (χ2n) is 15.3. The number of aromatic nitrogens is 4. The Labute approximate surface area is 290 Å². The Balaban J connectivity index is 1.37. The maximum atomic E-state index is 6.78. The molecule has 0 spiro atoms. The van der Waals surface area contributed by atoms with Crippen LogP contribution in [0.5, 0.6) is 11.5 Å². The second kappa shape index (κ2) is 12.1. The Morgan fingerprint density at radius 3 is 2.14 bits per heavy atom. The van der Waals surface area contributed by atoms with Crippen molar-refractivity contribution < 1.29 is 4.74 Å². The summed E-state index contributed by atoms with van der Waals surface area (Å²) < 4.78 is 11.1. The molecule has 49 heavy (non-hydrogen) atoms. The summed E-state index contributed by atoms with van der Waals surface area (Å²) in [6.45, 7) is 19.9. The zero-order chi connectivity index (χ0) is 34.7. The average Bonchev–Trinajstić information content (AvgIpc) is 3.56. The van der Waals surface area contributed by atoms with Gasteiger partial charge in [-0.1, -0.05) is 84.9 Å². The van der Waals surface area contributed by atoms with Crippen LogP contribution < -0.4 is 4.74 Å². The predicted molar refractivity (Wildman–Crippen MR) is 204 cm³/mol. The molecule has 0 aliphatic heterocycles. The van der Waals surface area contributed by atoms with E-state index >= 15 is 0 Å². The lowest BCUT2D eigenvalue weighted by molar-refractivity contribution is 0.478. The lowest BCUT2D eigenvalue weighted by Crippen LogP contribution is -2.12. The smallest absolute Gasteiger partial charge is 0.137 e. The van der Waals surface area contributed by atoms with Gasteiger partial charge >= 0.3 is 0 Å². The van der Waals surface area contributed by atoms with Crippen molar-refractivity contribution in [2.45, 2.75) is 79.6 Å². The number of ether oxygens (including phenoxy) is 1. The van der Waals surface area contributed by atoms with Gasteiger partial charge in [0, 0.05) is 40.4 Å². The first-order chi connectivity index (χ1) is 23.3. The molecule has 0 unspecified atom stereocenters. The highest BCUT2D eigenvalue weighted by Gasteiger charge is 2.22. The molecule has 4 aromatic carbocycles. The average molecular weight is 647 g/mol. The van der Waals surface area contributed by atoms with E-state index in [1.807, 2.05) is 12.3 Å². The van der Waals surface area contributed by atoms with Gasteiger partial charge in [-0.3, -0.25) is 4.57 Å². The van der Waals surface area contributed by atoms with Gasteiger partial charge in [-0.2, -0.15) is 5.10 Å². The number of pyridine rings is 1. The van der Waals surface area contributed by atoms with E-state index in [1.165, 1.54) is 33.0 Å². The first-order valence-electron chi connectivity index (χ1n) is 17.3. The van der Waals surface area contributed by atoms with Crippen molar-refractivity contribution in [1.29, 1.82) is 0 Å². The Morgan fingerprint density at radius 1 is 0.673 bits per heavy atom. The first-order valence-corrected chi connectivity index (χ1v) is 17.3. The van der Waals surface area contributed by atoms with Crippen molar-refractivity contribution in [3.63, 3.8) is 0 Å². The largest absolute Gasteiger partial charge is 0.457 e. The van der Waals surface area contributed by atoms with E-state index < -0.39 is 0 Å². The van der Waals surface area contributed by atoms with Crippen LogP contribution in [0, 0.1) is 13.8 Å². The number of fused-ring (bicyclic) bond motifs is 3. The van der Waals surface area contributed by atoms with Gasteiger partial charge in [0.1, 0.15) is 17.3 Å². The van der Waals surface area contributed by atoms with E-state index in [-0.39, 0.29) is 10.8 Å². The highest BCUT2D eigenvalue weighted by molar-refractivity contribution is 6.09. The van der Waals surface area contributed by atoms with Crippen molar-refractivity contribution in [1.82, 2.24) is 19.3 Å². The lowest BCUT2D eigenvalue weighted by atomic mass is 9.86. The molecule has 5 heteroatoms. The molecule has 0 fully saturated rings. The summed E-state index contributed by atoms with van der Waals surface area (Å²) in [6.07, 6.45) is 2.91. The predicted octanol–water partition coefficient (Wildman–Crippen LogP) is 11.6. The molecule has 0 saturated carbocycles. The van der Waals surface area contributed by atoms with Crippen LogP contribution in [0.15, 0.2) is 103 Å². The van der Waals surface area contributed by atoms with Crippen LogP contribution in [0.2, 0.25) is 0 Å². The minimum atomic E-state index is -0.0937. The van der Waals surface area contributed by atoms with Gasteiger partial charge in [0.2, 0.25) is 0 Å². The van der Waals surface area contributed by atoms with E-state index in [9.17, 15) is 0 Å². The monoisotopic (exact) mass is 646 g/mol. The van der Waals surface area contributed by atoms with Crippen LogP contribution in [0.25, 0.3) is 44.4 Å². The fourth-order valence-electron chi connectivity index (χ4n) is 6.84. The SMILES string of the molecule is CCc1ccc2c(c1)c1ccc(Oc3cc(-n4nc(C)c(-c5ccccc5)c4C)cc(C(C)(C)C)c3)cc1n2-c1cc(C(C)(C)C)ccn1. The van der Waals surface area contributed by atoms with Crippen molar-refractivity contribution in [2.75, 3.05) is 0 Å². The molecule has 0 radical (unpaired) electrons. The normalized spacial score (nSPS) is 12.3. The van der Waals surface area contributed by atoms with Crippen molar-refractivity contribution in [2.24, 2.45) is 0 Å². The lowest BCUT2D eigenvalue weighted by Gasteiger charge is -2.22. The molecule has 0 N–H and O–H groups in total. The van der Waals surface area contributed by atoms with Crippen LogP contribution >= 0.6 is 0 Å². The van der Waals surface area contributed by atoms with Crippen molar-refractivity contribution >= 4 is 21.8 Å². The van der Waals surface area contributed by atoms with Gasteiger partial charge < -0.3 is 4.74 Å². The molecule has 0 saturated heterocycles. The summed E-state index contributed by atoms with van der Waals surface area (Å²) in [4.78, 5) is 4.89. The first kappa shape index (κ1) is 32.4. The third kappa shape index (κ3) is 6.03. The fraction of sp³-hybridized carbons (Fsp3) is 0.273. The summed E-state index contributed by atoms with van der Waals surface area (Å²) in [5.41, 5.74) is 11.3. The van der Waals surface area contributed by atoms with Crippen LogP contribution in [0.4, 0.5) is 0 Å². The summed E-state index contributed by atoms with van der Waals surface area (Å²) in [6, 6.07) is 34.6. The van der Waals surface area contributed by atoms with Gasteiger partial charge in [0.25, 0.3) is 0 Å². The van der Waals surface area contributed by atoms with Crippen LogP contribution in [-0.2, 0) is 17.3 Å². The molecular weight excluding hydrogens is 601 g/mol. The van der Waals surface area contributed by atoms with Gasteiger partial charge in [0.15, 0.2) is 0 Å². The third-order valence-corrected chi connectivity index (χ3v) is 9.64. The Kier molecular flexibility index (Phi) is 7.98. The number of rotatable bonds is 6. The summed E-state index contributed by atoms with van der Waals surface area (Å²) in [5, 5.41) is 7.43. The standard InChI is InChI=1S/C44H46N4O/c1-10-30-16-19-39-38(22-30)37-18-17-35(27-40(37)47(39)41-25-32(20-21-45-41)43(4,5)6)49-36-24-33(44(7,8)9)23-34(26-36)48-29(3)42(28(2)46-48)31-14-12-11-13-15-31/h11-27H,10H2,1-9H3. The molecule has 0 aliphatic carbocycles.